The molecular formula is C36H40N2O8. The molecule has 0 heterocycles. The molecule has 0 spiro atoms. The van der Waals surface area contributed by atoms with E-state index in [9.17, 15) is 24.0 Å². The maximum atomic E-state index is 14.0. The van der Waals surface area contributed by atoms with Crippen LogP contribution in [0.4, 0.5) is 0 Å². The van der Waals surface area contributed by atoms with Crippen molar-refractivity contribution in [2.45, 2.75) is 52.5 Å². The van der Waals surface area contributed by atoms with Gasteiger partial charge in [0.25, 0.3) is 0 Å². The third-order valence-corrected chi connectivity index (χ3v) is 6.74. The van der Waals surface area contributed by atoms with Crippen molar-refractivity contribution in [2.75, 3.05) is 13.2 Å². The summed E-state index contributed by atoms with van der Waals surface area (Å²) < 4.78 is 15.0. The predicted molar refractivity (Wildman–Crippen MR) is 171 cm³/mol. The van der Waals surface area contributed by atoms with Crippen molar-refractivity contribution in [1.82, 2.24) is 10.6 Å². The topological polar surface area (TPSA) is 137 Å². The van der Waals surface area contributed by atoms with E-state index in [-0.39, 0.29) is 37.7 Å². The Morgan fingerprint density at radius 1 is 0.652 bits per heavy atom. The average Bonchev–Trinajstić information content (AvgIpc) is 3.04. The van der Waals surface area contributed by atoms with Crippen LogP contribution in [0.15, 0.2) is 102 Å². The number of rotatable bonds is 14. The third kappa shape index (κ3) is 10.4. The molecule has 3 aromatic carbocycles. The first-order chi connectivity index (χ1) is 22.1. The van der Waals surface area contributed by atoms with E-state index in [1.165, 1.54) is 6.92 Å². The molecule has 242 valence electrons. The summed E-state index contributed by atoms with van der Waals surface area (Å²) in [7, 11) is 0. The summed E-state index contributed by atoms with van der Waals surface area (Å²) in [6.07, 6.45) is 0.180. The first kappa shape index (κ1) is 35.2. The van der Waals surface area contributed by atoms with Crippen LogP contribution in [0.5, 0.6) is 0 Å². The summed E-state index contributed by atoms with van der Waals surface area (Å²) in [6, 6.07) is 26.2. The van der Waals surface area contributed by atoms with Gasteiger partial charge in [-0.1, -0.05) is 105 Å². The molecule has 2 amide bonds. The number of hydrogen-bond acceptors (Lipinski definition) is 8. The van der Waals surface area contributed by atoms with Crippen LogP contribution >= 0.6 is 0 Å². The van der Waals surface area contributed by atoms with E-state index >= 15 is 0 Å². The van der Waals surface area contributed by atoms with E-state index in [2.05, 4.69) is 10.6 Å². The van der Waals surface area contributed by atoms with Crippen molar-refractivity contribution in [1.29, 1.82) is 0 Å². The van der Waals surface area contributed by atoms with Gasteiger partial charge in [0.2, 0.25) is 17.6 Å². The Kier molecular flexibility index (Phi) is 13.7. The summed E-state index contributed by atoms with van der Waals surface area (Å²) in [6.45, 7) is 6.72. The molecule has 0 aliphatic carbocycles. The number of esters is 3. The standard InChI is InChI=1S/C36H40N2O8/c1-5-44-34(41)31(46-36(43)35(42)45-6-2)28(23-25-16-10-7-11-17-25)37-32(39)29(22-24(3)4)38-33(40)30(26-18-12-8-13-19-26)27-20-14-9-15-21-27/h7-21,24,29-30H,5-6,22-23H2,1-4H3,(H,37,39)(H,38,40)/b31-28-/t29-/m0/s1. The molecule has 0 fully saturated rings. The largest absolute Gasteiger partial charge is 0.460 e. The Hall–Kier alpha value is -5.25. The van der Waals surface area contributed by atoms with Crippen LogP contribution in [-0.4, -0.2) is 49.0 Å². The summed E-state index contributed by atoms with van der Waals surface area (Å²) in [5.41, 5.74) is 2.02. The van der Waals surface area contributed by atoms with Crippen molar-refractivity contribution < 1.29 is 38.2 Å². The van der Waals surface area contributed by atoms with Crippen molar-refractivity contribution >= 4 is 29.7 Å². The van der Waals surface area contributed by atoms with Crippen molar-refractivity contribution in [3.63, 3.8) is 0 Å². The highest BCUT2D eigenvalue weighted by Crippen LogP contribution is 2.25. The van der Waals surface area contributed by atoms with Crippen LogP contribution in [0, 0.1) is 5.92 Å². The molecule has 10 nitrogen and oxygen atoms in total. The van der Waals surface area contributed by atoms with Gasteiger partial charge in [0.1, 0.15) is 6.04 Å². The van der Waals surface area contributed by atoms with Crippen molar-refractivity contribution in [3.8, 4) is 0 Å². The van der Waals surface area contributed by atoms with E-state index in [1.807, 2.05) is 74.5 Å². The van der Waals surface area contributed by atoms with E-state index < -0.39 is 47.4 Å². The number of allylic oxidation sites excluding steroid dienone is 1. The smallest absolute Gasteiger partial charge is 0.423 e. The van der Waals surface area contributed by atoms with Crippen LogP contribution < -0.4 is 10.6 Å². The SMILES string of the molecule is CCOC(=O)C(=O)O/C(C(=O)OCC)=C(/Cc1ccccc1)NC(=O)[C@H](CC(C)C)NC(=O)C(c1ccccc1)c1ccccc1. The van der Waals surface area contributed by atoms with E-state index in [4.69, 9.17) is 14.2 Å². The zero-order chi connectivity index (χ0) is 33.5. The Balaban J connectivity index is 2.02. The summed E-state index contributed by atoms with van der Waals surface area (Å²) in [4.78, 5) is 65.6. The van der Waals surface area contributed by atoms with E-state index in [0.29, 0.717) is 5.56 Å². The molecule has 0 saturated carbocycles. The molecule has 0 saturated heterocycles. The Bertz CT molecular complexity index is 1470. The molecule has 46 heavy (non-hydrogen) atoms. The molecule has 0 aliphatic rings. The zero-order valence-electron chi connectivity index (χ0n) is 26.5. The van der Waals surface area contributed by atoms with Gasteiger partial charge in [-0.05, 0) is 42.9 Å². The number of amides is 2. The van der Waals surface area contributed by atoms with Crippen molar-refractivity contribution in [2.24, 2.45) is 5.92 Å². The summed E-state index contributed by atoms with van der Waals surface area (Å²) in [5.74, 6) is -6.27. The number of carbonyl (C=O) groups is 5. The van der Waals surface area contributed by atoms with Gasteiger partial charge in [-0.25, -0.2) is 14.4 Å². The second-order valence-corrected chi connectivity index (χ2v) is 10.7. The van der Waals surface area contributed by atoms with E-state index in [0.717, 1.165) is 11.1 Å². The number of benzene rings is 3. The molecule has 0 aromatic heterocycles. The van der Waals surface area contributed by atoms with Crippen LogP contribution in [0.2, 0.25) is 0 Å². The lowest BCUT2D eigenvalue weighted by Crippen LogP contribution is -2.49. The molecule has 10 heteroatoms. The quantitative estimate of drug-likeness (QED) is 0.0870. The number of nitrogens with one attached hydrogen (secondary N) is 2. The lowest BCUT2D eigenvalue weighted by Gasteiger charge is -2.25. The van der Waals surface area contributed by atoms with Gasteiger partial charge in [0.15, 0.2) is 0 Å². The fourth-order valence-corrected chi connectivity index (χ4v) is 4.71. The summed E-state index contributed by atoms with van der Waals surface area (Å²) >= 11 is 0. The molecule has 1 atom stereocenters. The molecule has 3 aromatic rings. The lowest BCUT2D eigenvalue weighted by molar-refractivity contribution is -0.167. The maximum absolute atomic E-state index is 14.0. The fourth-order valence-electron chi connectivity index (χ4n) is 4.71. The first-order valence-electron chi connectivity index (χ1n) is 15.2. The minimum absolute atomic E-state index is 0.0179. The predicted octanol–water partition coefficient (Wildman–Crippen LogP) is 4.59. The van der Waals surface area contributed by atoms with Crippen LogP contribution in [0.1, 0.15) is 56.7 Å². The lowest BCUT2D eigenvalue weighted by atomic mass is 9.90. The Morgan fingerprint density at radius 3 is 1.65 bits per heavy atom. The van der Waals surface area contributed by atoms with Gasteiger partial charge >= 0.3 is 17.9 Å². The number of carbonyl (C=O) groups excluding carboxylic acids is 5. The highest BCUT2D eigenvalue weighted by atomic mass is 16.6. The first-order valence-corrected chi connectivity index (χ1v) is 15.2. The van der Waals surface area contributed by atoms with Crippen LogP contribution in [0.25, 0.3) is 0 Å². The third-order valence-electron chi connectivity index (χ3n) is 6.74. The average molecular weight is 629 g/mol. The van der Waals surface area contributed by atoms with Gasteiger partial charge in [0, 0.05) is 6.42 Å². The Labute approximate surface area is 269 Å². The molecule has 0 radical (unpaired) electrons. The molecule has 2 N–H and O–H groups in total. The van der Waals surface area contributed by atoms with Crippen LogP contribution in [0.3, 0.4) is 0 Å². The molecule has 0 aliphatic heterocycles. The Morgan fingerprint density at radius 2 is 1.15 bits per heavy atom. The van der Waals surface area contributed by atoms with Gasteiger partial charge < -0.3 is 24.8 Å². The number of ether oxygens (including phenoxy) is 3. The minimum Gasteiger partial charge on any atom is -0.460 e. The van der Waals surface area contributed by atoms with Gasteiger partial charge in [-0.3, -0.25) is 9.59 Å². The van der Waals surface area contributed by atoms with E-state index in [1.54, 1.807) is 37.3 Å². The normalized spacial score (nSPS) is 12.0. The molecule has 0 bridgehead atoms. The monoisotopic (exact) mass is 628 g/mol. The van der Waals surface area contributed by atoms with Gasteiger partial charge in [0.05, 0.1) is 24.8 Å². The zero-order valence-corrected chi connectivity index (χ0v) is 26.5. The van der Waals surface area contributed by atoms with Crippen LogP contribution in [-0.2, 0) is 44.6 Å². The molecule has 0 unspecified atom stereocenters. The fraction of sp³-hybridized carbons (Fsp3) is 0.306. The van der Waals surface area contributed by atoms with Crippen molar-refractivity contribution in [3.05, 3.63) is 119 Å². The second-order valence-electron chi connectivity index (χ2n) is 10.7. The maximum Gasteiger partial charge on any atom is 0.423 e. The van der Waals surface area contributed by atoms with Gasteiger partial charge in [-0.15, -0.1) is 0 Å². The highest BCUT2D eigenvalue weighted by Gasteiger charge is 2.32. The second kappa shape index (κ2) is 17.9. The minimum atomic E-state index is -1.45. The summed E-state index contributed by atoms with van der Waals surface area (Å²) in [5, 5.41) is 5.62. The van der Waals surface area contributed by atoms with Gasteiger partial charge in [-0.2, -0.15) is 0 Å². The highest BCUT2D eigenvalue weighted by molar-refractivity contribution is 6.30. The number of hydrogen-bond donors (Lipinski definition) is 2. The molecular weight excluding hydrogens is 588 g/mol. The molecule has 3 rings (SSSR count).